The number of rotatable bonds is 10. The van der Waals surface area contributed by atoms with E-state index in [0.717, 1.165) is 6.07 Å². The van der Waals surface area contributed by atoms with E-state index in [9.17, 15) is 22.8 Å². The molecule has 2 N–H and O–H groups in total. The number of amides is 1. The van der Waals surface area contributed by atoms with Gasteiger partial charge >= 0.3 is 12.1 Å². The second-order valence-electron chi connectivity index (χ2n) is 7.82. The zero-order valence-corrected chi connectivity index (χ0v) is 18.1. The smallest absolute Gasteiger partial charge is 0.416 e. The molecule has 1 aromatic heterocycles. The highest BCUT2D eigenvalue weighted by molar-refractivity contribution is 5.81. The first kappa shape index (κ1) is 25.7. The number of nitrogens with one attached hydrogen (secondary N) is 2. The molecule has 0 spiro atoms. The second-order valence-corrected chi connectivity index (χ2v) is 7.82. The number of ether oxygens (including phenoxy) is 1. The normalized spacial score (nSPS) is 12.9. The van der Waals surface area contributed by atoms with Crippen LogP contribution in [-0.2, 0) is 26.9 Å². The Balaban J connectivity index is 3.31. The third-order valence-corrected chi connectivity index (χ3v) is 4.52. The van der Waals surface area contributed by atoms with Gasteiger partial charge in [0.05, 0.1) is 19.1 Å². The van der Waals surface area contributed by atoms with Crippen LogP contribution in [0, 0.1) is 11.3 Å². The standard InChI is InChI=1S/C20H31F3N4O3/c1-13(2)10-16(19(29)25-8-6-18(28)30-5)27-12-14(7-9-26(3)4)15(11-17(27)24)20(21,22)23/h11-13,16,24H,6-10H2,1-5H3,(H,25,29). The predicted molar refractivity (Wildman–Crippen MR) is 106 cm³/mol. The van der Waals surface area contributed by atoms with Gasteiger partial charge in [-0.1, -0.05) is 13.8 Å². The zero-order chi connectivity index (χ0) is 23.1. The van der Waals surface area contributed by atoms with Crippen LogP contribution in [0.2, 0.25) is 0 Å². The maximum absolute atomic E-state index is 13.5. The minimum Gasteiger partial charge on any atom is -0.469 e. The first-order valence-corrected chi connectivity index (χ1v) is 9.72. The number of esters is 1. The summed E-state index contributed by atoms with van der Waals surface area (Å²) in [6, 6.07) is -0.0874. The van der Waals surface area contributed by atoms with Crippen LogP contribution in [0.1, 0.15) is 43.9 Å². The highest BCUT2D eigenvalue weighted by atomic mass is 19.4. The number of halogens is 3. The van der Waals surface area contributed by atoms with Crippen LogP contribution in [0.5, 0.6) is 0 Å². The van der Waals surface area contributed by atoms with E-state index in [2.05, 4.69) is 10.1 Å². The third-order valence-electron chi connectivity index (χ3n) is 4.52. The van der Waals surface area contributed by atoms with E-state index in [4.69, 9.17) is 5.41 Å². The van der Waals surface area contributed by atoms with Gasteiger partial charge in [0, 0.05) is 19.3 Å². The Kier molecular flexibility index (Phi) is 9.54. The van der Waals surface area contributed by atoms with Gasteiger partial charge in [-0.2, -0.15) is 13.2 Å². The van der Waals surface area contributed by atoms with Gasteiger partial charge in [0.1, 0.15) is 11.5 Å². The molecule has 1 rings (SSSR count). The van der Waals surface area contributed by atoms with Crippen molar-refractivity contribution in [2.24, 2.45) is 5.92 Å². The zero-order valence-electron chi connectivity index (χ0n) is 18.1. The van der Waals surface area contributed by atoms with Crippen LogP contribution >= 0.6 is 0 Å². The van der Waals surface area contributed by atoms with E-state index in [1.807, 2.05) is 13.8 Å². The van der Waals surface area contributed by atoms with E-state index < -0.39 is 35.1 Å². The summed E-state index contributed by atoms with van der Waals surface area (Å²) in [5, 5.41) is 10.8. The van der Waals surface area contributed by atoms with Crippen molar-refractivity contribution >= 4 is 11.9 Å². The maximum Gasteiger partial charge on any atom is 0.416 e. The number of likely N-dealkylation sites (N-methyl/N-ethyl adjacent to an activating group) is 1. The fourth-order valence-electron chi connectivity index (χ4n) is 2.98. The largest absolute Gasteiger partial charge is 0.469 e. The summed E-state index contributed by atoms with van der Waals surface area (Å²) >= 11 is 0. The molecule has 0 aliphatic carbocycles. The molecule has 1 atom stereocenters. The van der Waals surface area contributed by atoms with E-state index in [-0.39, 0.29) is 30.9 Å². The molecular weight excluding hydrogens is 401 g/mol. The van der Waals surface area contributed by atoms with Crippen molar-refractivity contribution in [3.8, 4) is 0 Å². The van der Waals surface area contributed by atoms with Gasteiger partial charge in [-0.05, 0) is 44.5 Å². The molecule has 0 saturated carbocycles. The number of aromatic nitrogens is 1. The third kappa shape index (κ3) is 7.81. The predicted octanol–water partition coefficient (Wildman–Crippen LogP) is 2.36. The van der Waals surface area contributed by atoms with Gasteiger partial charge in [-0.25, -0.2) is 0 Å². The number of hydrogen-bond acceptors (Lipinski definition) is 5. The molecule has 10 heteroatoms. The first-order chi connectivity index (χ1) is 13.9. The SMILES string of the molecule is COC(=O)CCNC(=O)C(CC(C)C)n1cc(CCN(C)C)c(C(F)(F)F)cc1=N. The summed E-state index contributed by atoms with van der Waals surface area (Å²) in [6.45, 7) is 4.20. The molecule has 1 aromatic rings. The topological polar surface area (TPSA) is 87.4 Å². The molecule has 1 amide bonds. The number of carbonyl (C=O) groups is 2. The average molecular weight is 432 g/mol. The quantitative estimate of drug-likeness (QED) is 0.556. The molecule has 7 nitrogen and oxygen atoms in total. The highest BCUT2D eigenvalue weighted by Crippen LogP contribution is 2.32. The molecule has 0 bridgehead atoms. The number of nitrogens with zero attached hydrogens (tertiary/aromatic N) is 2. The molecule has 30 heavy (non-hydrogen) atoms. The van der Waals surface area contributed by atoms with Crippen molar-refractivity contribution in [1.29, 1.82) is 5.41 Å². The molecule has 170 valence electrons. The Morgan fingerprint density at radius 3 is 2.43 bits per heavy atom. The number of hydrogen-bond donors (Lipinski definition) is 2. The molecule has 0 saturated heterocycles. The summed E-state index contributed by atoms with van der Waals surface area (Å²) < 4.78 is 46.3. The minimum absolute atomic E-state index is 0.0177. The minimum atomic E-state index is -4.59. The van der Waals surface area contributed by atoms with Crippen LogP contribution in [0.3, 0.4) is 0 Å². The van der Waals surface area contributed by atoms with Gasteiger partial charge < -0.3 is 19.5 Å². The highest BCUT2D eigenvalue weighted by Gasteiger charge is 2.34. The van der Waals surface area contributed by atoms with E-state index in [1.54, 1.807) is 19.0 Å². The Morgan fingerprint density at radius 2 is 1.93 bits per heavy atom. The Bertz CT molecular complexity index is 788. The molecule has 1 unspecified atom stereocenters. The lowest BCUT2D eigenvalue weighted by Gasteiger charge is -2.24. The number of methoxy groups -OCH3 is 1. The molecule has 0 aromatic carbocycles. The molecule has 0 aliphatic heterocycles. The fourth-order valence-corrected chi connectivity index (χ4v) is 2.98. The lowest BCUT2D eigenvalue weighted by atomic mass is 10.0. The average Bonchev–Trinajstić information content (AvgIpc) is 2.63. The van der Waals surface area contributed by atoms with Crippen molar-refractivity contribution in [3.63, 3.8) is 0 Å². The monoisotopic (exact) mass is 432 g/mol. The Labute approximate surface area is 174 Å². The molecular formula is C20H31F3N4O3. The Hall–Kier alpha value is -2.36. The summed E-state index contributed by atoms with van der Waals surface area (Å²) in [5.41, 5.74) is -1.23. The molecule has 0 radical (unpaired) electrons. The van der Waals surface area contributed by atoms with E-state index >= 15 is 0 Å². The van der Waals surface area contributed by atoms with Crippen molar-refractivity contribution < 1.29 is 27.5 Å². The van der Waals surface area contributed by atoms with Gasteiger partial charge in [-0.15, -0.1) is 0 Å². The number of pyridine rings is 1. The van der Waals surface area contributed by atoms with Gasteiger partial charge in [0.25, 0.3) is 0 Å². The van der Waals surface area contributed by atoms with E-state index in [1.165, 1.54) is 17.9 Å². The maximum atomic E-state index is 13.5. The lowest BCUT2D eigenvalue weighted by molar-refractivity contribution is -0.140. The van der Waals surface area contributed by atoms with Crippen LogP contribution in [0.15, 0.2) is 12.3 Å². The summed E-state index contributed by atoms with van der Waals surface area (Å²) in [6.07, 6.45) is -2.88. The number of carbonyl (C=O) groups excluding carboxylic acids is 2. The van der Waals surface area contributed by atoms with Crippen molar-refractivity contribution in [2.45, 2.75) is 45.3 Å². The summed E-state index contributed by atoms with van der Waals surface area (Å²) in [7, 11) is 4.76. The molecule has 1 heterocycles. The van der Waals surface area contributed by atoms with Crippen LogP contribution in [-0.4, -0.2) is 55.6 Å². The van der Waals surface area contributed by atoms with Crippen LogP contribution < -0.4 is 10.8 Å². The summed E-state index contributed by atoms with van der Waals surface area (Å²) in [5.74, 6) is -0.879. The number of alkyl halides is 3. The molecule has 0 fully saturated rings. The van der Waals surface area contributed by atoms with Crippen LogP contribution in [0.25, 0.3) is 0 Å². The van der Waals surface area contributed by atoms with Gasteiger partial charge in [0.2, 0.25) is 5.91 Å². The van der Waals surface area contributed by atoms with Crippen molar-refractivity contribution in [3.05, 3.63) is 28.9 Å². The second kappa shape index (κ2) is 11.1. The van der Waals surface area contributed by atoms with Crippen molar-refractivity contribution in [1.82, 2.24) is 14.8 Å². The molecule has 0 aliphatic rings. The van der Waals surface area contributed by atoms with Crippen molar-refractivity contribution in [2.75, 3.05) is 34.3 Å². The van der Waals surface area contributed by atoms with Crippen LogP contribution in [0.4, 0.5) is 13.2 Å². The lowest BCUT2D eigenvalue weighted by Crippen LogP contribution is -2.39. The van der Waals surface area contributed by atoms with E-state index in [0.29, 0.717) is 13.0 Å². The fraction of sp³-hybridized carbons (Fsp3) is 0.650. The van der Waals surface area contributed by atoms with Gasteiger partial charge in [-0.3, -0.25) is 15.0 Å². The first-order valence-electron chi connectivity index (χ1n) is 9.72. The Morgan fingerprint density at radius 1 is 1.30 bits per heavy atom. The summed E-state index contributed by atoms with van der Waals surface area (Å²) in [4.78, 5) is 25.8. The van der Waals surface area contributed by atoms with Gasteiger partial charge in [0.15, 0.2) is 0 Å².